The van der Waals surface area contributed by atoms with Gasteiger partial charge in [-0.1, -0.05) is 24.8 Å². The second-order valence-electron chi connectivity index (χ2n) is 7.77. The van der Waals surface area contributed by atoms with Gasteiger partial charge in [0.15, 0.2) is 5.16 Å². The number of piperidine rings is 1. The minimum Gasteiger partial charge on any atom is -0.353 e. The molecule has 3 rings (SSSR count). The van der Waals surface area contributed by atoms with E-state index >= 15 is 0 Å². The number of benzene rings is 1. The maximum absolute atomic E-state index is 12.4. The van der Waals surface area contributed by atoms with Crippen LogP contribution in [-0.4, -0.2) is 58.8 Å². The van der Waals surface area contributed by atoms with Crippen molar-refractivity contribution >= 4 is 27.7 Å². The second kappa shape index (κ2) is 9.98. The molecule has 0 bridgehead atoms. The first-order valence-corrected chi connectivity index (χ1v) is 12.9. The molecule has 7 nitrogen and oxygen atoms in total. The Morgan fingerprint density at radius 3 is 2.50 bits per heavy atom. The van der Waals surface area contributed by atoms with E-state index in [0.717, 1.165) is 10.8 Å². The molecular weight excluding hydrogens is 420 g/mol. The molecule has 1 N–H and O–H groups in total. The summed E-state index contributed by atoms with van der Waals surface area (Å²) >= 11 is 1.40. The highest BCUT2D eigenvalue weighted by molar-refractivity contribution is 7.99. The summed E-state index contributed by atoms with van der Waals surface area (Å²) in [5, 5.41) is 3.82. The number of thioether (sulfide) groups is 1. The van der Waals surface area contributed by atoms with Crippen molar-refractivity contribution in [3.63, 3.8) is 0 Å². The summed E-state index contributed by atoms with van der Waals surface area (Å²) in [7, 11) is -3.16. The maximum Gasteiger partial charge on any atom is 0.230 e. The fourth-order valence-electron chi connectivity index (χ4n) is 3.75. The SMILES string of the molecule is CCCS(=O)(=O)N1CCC(NC(=O)CSc2nccn2-c2cc(C)cc(C)c2)CC1. The Kier molecular flexibility index (Phi) is 7.60. The van der Waals surface area contributed by atoms with E-state index in [9.17, 15) is 13.2 Å². The van der Waals surface area contributed by atoms with E-state index in [2.05, 4.69) is 42.3 Å². The van der Waals surface area contributed by atoms with Gasteiger partial charge in [0.1, 0.15) is 0 Å². The summed E-state index contributed by atoms with van der Waals surface area (Å²) in [4.78, 5) is 16.8. The third-order valence-electron chi connectivity index (χ3n) is 5.10. The van der Waals surface area contributed by atoms with Crippen LogP contribution in [0, 0.1) is 13.8 Å². The Bertz CT molecular complexity index is 960. The fraction of sp³-hybridized carbons (Fsp3) is 0.524. The number of hydrogen-bond donors (Lipinski definition) is 1. The molecule has 2 heterocycles. The van der Waals surface area contributed by atoms with E-state index in [-0.39, 0.29) is 23.5 Å². The van der Waals surface area contributed by atoms with Gasteiger partial charge in [0.2, 0.25) is 15.9 Å². The van der Waals surface area contributed by atoms with Gasteiger partial charge >= 0.3 is 0 Å². The number of aryl methyl sites for hydroxylation is 2. The molecule has 1 aromatic carbocycles. The maximum atomic E-state index is 12.4. The zero-order valence-corrected chi connectivity index (χ0v) is 19.4. The lowest BCUT2D eigenvalue weighted by Gasteiger charge is -2.31. The van der Waals surface area contributed by atoms with Crippen molar-refractivity contribution in [1.29, 1.82) is 0 Å². The highest BCUT2D eigenvalue weighted by Crippen LogP contribution is 2.22. The van der Waals surface area contributed by atoms with Gasteiger partial charge in [0.05, 0.1) is 11.5 Å². The first-order chi connectivity index (χ1) is 14.3. The summed E-state index contributed by atoms with van der Waals surface area (Å²) in [5.41, 5.74) is 3.40. The quantitative estimate of drug-likeness (QED) is 0.625. The minimum absolute atomic E-state index is 0.0188. The number of carbonyl (C=O) groups excluding carboxylic acids is 1. The van der Waals surface area contributed by atoms with Crippen molar-refractivity contribution in [3.05, 3.63) is 41.7 Å². The van der Waals surface area contributed by atoms with Gasteiger partial charge in [-0.3, -0.25) is 9.36 Å². The fourth-order valence-corrected chi connectivity index (χ4v) is 6.07. The molecule has 0 unspecified atom stereocenters. The molecule has 1 saturated heterocycles. The predicted octanol–water partition coefficient (Wildman–Crippen LogP) is 2.90. The Hall–Kier alpha value is -1.84. The van der Waals surface area contributed by atoms with Crippen LogP contribution in [0.5, 0.6) is 0 Å². The molecule has 164 valence electrons. The number of carbonyl (C=O) groups is 1. The van der Waals surface area contributed by atoms with Gasteiger partial charge < -0.3 is 5.32 Å². The van der Waals surface area contributed by atoms with Crippen LogP contribution in [0.4, 0.5) is 0 Å². The molecule has 0 saturated carbocycles. The van der Waals surface area contributed by atoms with E-state index < -0.39 is 10.0 Å². The summed E-state index contributed by atoms with van der Waals surface area (Å²) in [6, 6.07) is 6.34. The van der Waals surface area contributed by atoms with Gasteiger partial charge in [-0.2, -0.15) is 0 Å². The van der Waals surface area contributed by atoms with Crippen LogP contribution in [0.2, 0.25) is 0 Å². The van der Waals surface area contributed by atoms with Crippen molar-refractivity contribution in [2.24, 2.45) is 0 Å². The number of aromatic nitrogens is 2. The molecule has 1 amide bonds. The van der Waals surface area contributed by atoms with E-state index in [1.165, 1.54) is 22.9 Å². The summed E-state index contributed by atoms with van der Waals surface area (Å²) in [6.45, 7) is 6.93. The van der Waals surface area contributed by atoms with E-state index in [1.54, 1.807) is 10.5 Å². The van der Waals surface area contributed by atoms with E-state index in [0.29, 0.717) is 32.4 Å². The molecule has 1 fully saturated rings. The number of hydrogen-bond acceptors (Lipinski definition) is 5. The van der Waals surface area contributed by atoms with Crippen molar-refractivity contribution < 1.29 is 13.2 Å². The van der Waals surface area contributed by atoms with Crippen molar-refractivity contribution in [2.45, 2.75) is 51.2 Å². The Morgan fingerprint density at radius 2 is 1.87 bits per heavy atom. The molecule has 0 aliphatic carbocycles. The normalized spacial score (nSPS) is 16.0. The van der Waals surface area contributed by atoms with Crippen molar-refractivity contribution in [1.82, 2.24) is 19.2 Å². The number of rotatable bonds is 8. The molecule has 1 aliphatic heterocycles. The Morgan fingerprint density at radius 1 is 1.20 bits per heavy atom. The third-order valence-corrected chi connectivity index (χ3v) is 8.14. The first kappa shape index (κ1) is 22.8. The van der Waals surface area contributed by atoms with Gasteiger partial charge in [0, 0.05) is 37.2 Å². The molecular formula is C21H30N4O3S2. The van der Waals surface area contributed by atoms with E-state index in [1.807, 2.05) is 17.7 Å². The molecule has 1 aromatic heterocycles. The van der Waals surface area contributed by atoms with Gasteiger partial charge in [-0.15, -0.1) is 0 Å². The lowest BCUT2D eigenvalue weighted by molar-refractivity contribution is -0.119. The van der Waals surface area contributed by atoms with Crippen LogP contribution < -0.4 is 5.32 Å². The van der Waals surface area contributed by atoms with Crippen LogP contribution in [0.1, 0.15) is 37.3 Å². The average molecular weight is 451 g/mol. The van der Waals surface area contributed by atoms with Crippen molar-refractivity contribution in [3.8, 4) is 5.69 Å². The topological polar surface area (TPSA) is 84.3 Å². The highest BCUT2D eigenvalue weighted by Gasteiger charge is 2.28. The number of amides is 1. The predicted molar refractivity (Wildman–Crippen MR) is 121 cm³/mol. The van der Waals surface area contributed by atoms with Crippen LogP contribution in [0.15, 0.2) is 35.7 Å². The first-order valence-electron chi connectivity index (χ1n) is 10.3. The summed E-state index contributed by atoms with van der Waals surface area (Å²) < 4.78 is 27.9. The van der Waals surface area contributed by atoms with Gasteiger partial charge in [0.25, 0.3) is 0 Å². The van der Waals surface area contributed by atoms with Gasteiger partial charge in [-0.05, 0) is 56.4 Å². The Labute approximate surface area is 183 Å². The van der Waals surface area contributed by atoms with Crippen LogP contribution in [0.3, 0.4) is 0 Å². The highest BCUT2D eigenvalue weighted by atomic mass is 32.2. The number of nitrogens with zero attached hydrogens (tertiary/aromatic N) is 3. The zero-order valence-electron chi connectivity index (χ0n) is 17.8. The smallest absolute Gasteiger partial charge is 0.230 e. The van der Waals surface area contributed by atoms with Crippen LogP contribution in [-0.2, 0) is 14.8 Å². The largest absolute Gasteiger partial charge is 0.353 e. The molecule has 9 heteroatoms. The average Bonchev–Trinajstić information content (AvgIpc) is 3.15. The molecule has 0 radical (unpaired) electrons. The van der Waals surface area contributed by atoms with Gasteiger partial charge in [-0.25, -0.2) is 17.7 Å². The third kappa shape index (κ3) is 5.86. The second-order valence-corrected chi connectivity index (χ2v) is 10.8. The molecule has 0 atom stereocenters. The zero-order chi connectivity index (χ0) is 21.7. The lowest BCUT2D eigenvalue weighted by atomic mass is 10.1. The van der Waals surface area contributed by atoms with Crippen molar-refractivity contribution in [2.75, 3.05) is 24.6 Å². The standard InChI is InChI=1S/C21H30N4O3S2/c1-4-11-30(27,28)24-8-5-18(6-9-24)23-20(26)15-29-21-22-7-10-25(21)19-13-16(2)12-17(3)14-19/h7,10,12-14,18H,4-6,8-9,11,15H2,1-3H3,(H,23,26). The molecule has 1 aliphatic rings. The minimum atomic E-state index is -3.16. The number of sulfonamides is 1. The van der Waals surface area contributed by atoms with Crippen LogP contribution >= 0.6 is 11.8 Å². The molecule has 30 heavy (non-hydrogen) atoms. The van der Waals surface area contributed by atoms with Crippen LogP contribution in [0.25, 0.3) is 5.69 Å². The monoisotopic (exact) mass is 450 g/mol. The van der Waals surface area contributed by atoms with E-state index in [4.69, 9.17) is 0 Å². The number of imidazole rings is 1. The Balaban J connectivity index is 1.51. The summed E-state index contributed by atoms with van der Waals surface area (Å²) in [5.74, 6) is 0.411. The molecule has 0 spiro atoms. The summed E-state index contributed by atoms with van der Waals surface area (Å²) in [6.07, 6.45) is 5.56. The number of nitrogens with one attached hydrogen (secondary N) is 1. The molecule has 2 aromatic rings. The lowest BCUT2D eigenvalue weighted by Crippen LogP contribution is -2.47.